The molecule has 1 rings (SSSR count). The molecule has 5 heteroatoms. The molecule has 1 amide bonds. The Morgan fingerprint density at radius 1 is 1.61 bits per heavy atom. The van der Waals surface area contributed by atoms with E-state index in [-0.39, 0.29) is 18.4 Å². The van der Waals surface area contributed by atoms with Gasteiger partial charge in [0, 0.05) is 6.54 Å². The van der Waals surface area contributed by atoms with E-state index in [0.29, 0.717) is 4.88 Å². The summed E-state index contributed by atoms with van der Waals surface area (Å²) in [7, 11) is 0. The zero-order valence-corrected chi connectivity index (χ0v) is 12.3. The van der Waals surface area contributed by atoms with Gasteiger partial charge in [-0.3, -0.25) is 4.79 Å². The third-order valence-electron chi connectivity index (χ3n) is 3.09. The SMILES string of the molecule is CCCc1ncc(C(=O)NCC(C)(O)C(C)C)s1. The molecule has 1 aromatic heterocycles. The van der Waals surface area contributed by atoms with E-state index < -0.39 is 5.60 Å². The molecule has 0 radical (unpaired) electrons. The number of thiazole rings is 1. The van der Waals surface area contributed by atoms with Crippen LogP contribution in [0.4, 0.5) is 0 Å². The van der Waals surface area contributed by atoms with E-state index >= 15 is 0 Å². The van der Waals surface area contributed by atoms with Crippen LogP contribution in [0.25, 0.3) is 0 Å². The quantitative estimate of drug-likeness (QED) is 0.833. The Labute approximate surface area is 112 Å². The van der Waals surface area contributed by atoms with Crippen molar-refractivity contribution in [1.82, 2.24) is 10.3 Å². The van der Waals surface area contributed by atoms with Gasteiger partial charge >= 0.3 is 0 Å². The molecule has 0 saturated carbocycles. The first-order valence-electron chi connectivity index (χ1n) is 6.32. The number of hydrogen-bond donors (Lipinski definition) is 2. The average Bonchev–Trinajstić information content (AvgIpc) is 2.75. The lowest BCUT2D eigenvalue weighted by Gasteiger charge is -2.27. The van der Waals surface area contributed by atoms with Gasteiger partial charge in [0.15, 0.2) is 0 Å². The third kappa shape index (κ3) is 4.07. The molecule has 2 N–H and O–H groups in total. The van der Waals surface area contributed by atoms with Crippen LogP contribution >= 0.6 is 11.3 Å². The molecule has 0 aromatic carbocycles. The monoisotopic (exact) mass is 270 g/mol. The standard InChI is InChI=1S/C13H22N2O2S/c1-5-6-11-14-7-10(18-11)12(16)15-8-13(4,17)9(2)3/h7,9,17H,5-6,8H2,1-4H3,(H,15,16). The van der Waals surface area contributed by atoms with Gasteiger partial charge in [0.05, 0.1) is 16.8 Å². The third-order valence-corrected chi connectivity index (χ3v) is 4.15. The first-order chi connectivity index (χ1) is 8.36. The molecule has 0 saturated heterocycles. The minimum Gasteiger partial charge on any atom is -0.388 e. The summed E-state index contributed by atoms with van der Waals surface area (Å²) in [5.74, 6) is -0.0642. The highest BCUT2D eigenvalue weighted by Crippen LogP contribution is 2.17. The average molecular weight is 270 g/mol. The predicted molar refractivity (Wildman–Crippen MR) is 73.9 cm³/mol. The largest absolute Gasteiger partial charge is 0.388 e. The lowest BCUT2D eigenvalue weighted by molar-refractivity contribution is 0.0143. The lowest BCUT2D eigenvalue weighted by Crippen LogP contribution is -2.44. The maximum atomic E-state index is 11.9. The van der Waals surface area contributed by atoms with Crippen LogP contribution in [-0.2, 0) is 6.42 Å². The van der Waals surface area contributed by atoms with Crippen LogP contribution in [0.15, 0.2) is 6.20 Å². The smallest absolute Gasteiger partial charge is 0.263 e. The Morgan fingerprint density at radius 2 is 2.28 bits per heavy atom. The van der Waals surface area contributed by atoms with Crippen LogP contribution in [0.5, 0.6) is 0 Å². The number of nitrogens with zero attached hydrogens (tertiary/aromatic N) is 1. The van der Waals surface area contributed by atoms with Crippen LogP contribution < -0.4 is 5.32 Å². The Kier molecular flexibility index (Phi) is 5.28. The minimum atomic E-state index is -0.882. The summed E-state index contributed by atoms with van der Waals surface area (Å²) >= 11 is 1.42. The molecule has 1 heterocycles. The summed E-state index contributed by atoms with van der Waals surface area (Å²) in [6.45, 7) is 7.93. The summed E-state index contributed by atoms with van der Waals surface area (Å²) in [5, 5.41) is 13.8. The van der Waals surface area contributed by atoms with Gasteiger partial charge in [0.1, 0.15) is 4.88 Å². The molecule has 0 bridgehead atoms. The number of carbonyl (C=O) groups is 1. The highest BCUT2D eigenvalue weighted by atomic mass is 32.1. The van der Waals surface area contributed by atoms with Crippen LogP contribution in [0.1, 0.15) is 48.8 Å². The van der Waals surface area contributed by atoms with Crippen molar-refractivity contribution < 1.29 is 9.90 Å². The van der Waals surface area contributed by atoms with Crippen molar-refractivity contribution in [2.24, 2.45) is 5.92 Å². The van der Waals surface area contributed by atoms with E-state index in [1.165, 1.54) is 11.3 Å². The van der Waals surface area contributed by atoms with Crippen molar-refractivity contribution in [2.75, 3.05) is 6.54 Å². The molecule has 1 aromatic rings. The Hall–Kier alpha value is -0.940. The van der Waals surface area contributed by atoms with E-state index in [9.17, 15) is 9.90 Å². The van der Waals surface area contributed by atoms with Crippen molar-refractivity contribution in [2.45, 2.75) is 46.1 Å². The molecule has 18 heavy (non-hydrogen) atoms. The summed E-state index contributed by atoms with van der Waals surface area (Å²) in [5.41, 5.74) is -0.882. The first-order valence-corrected chi connectivity index (χ1v) is 7.13. The van der Waals surface area contributed by atoms with E-state index in [2.05, 4.69) is 17.2 Å². The van der Waals surface area contributed by atoms with Crippen molar-refractivity contribution in [1.29, 1.82) is 0 Å². The molecule has 0 aliphatic rings. The predicted octanol–water partition coefficient (Wildman–Crippen LogP) is 2.23. The summed E-state index contributed by atoms with van der Waals surface area (Å²) < 4.78 is 0. The van der Waals surface area contributed by atoms with Gasteiger partial charge in [0.2, 0.25) is 0 Å². The molecule has 102 valence electrons. The zero-order valence-electron chi connectivity index (χ0n) is 11.5. The molecule has 0 fully saturated rings. The fraction of sp³-hybridized carbons (Fsp3) is 0.692. The Bertz CT molecular complexity index is 399. The molecule has 1 unspecified atom stereocenters. The molecule has 4 nitrogen and oxygen atoms in total. The molecule has 0 aliphatic carbocycles. The molecule has 0 spiro atoms. The topological polar surface area (TPSA) is 62.2 Å². The maximum absolute atomic E-state index is 11.9. The maximum Gasteiger partial charge on any atom is 0.263 e. The number of carbonyl (C=O) groups excluding carboxylic acids is 1. The second-order valence-corrected chi connectivity index (χ2v) is 6.18. The van der Waals surface area contributed by atoms with Crippen molar-refractivity contribution >= 4 is 17.2 Å². The fourth-order valence-corrected chi connectivity index (χ4v) is 2.23. The van der Waals surface area contributed by atoms with Crippen molar-refractivity contribution in [3.05, 3.63) is 16.1 Å². The van der Waals surface area contributed by atoms with Crippen LogP contribution in [0.2, 0.25) is 0 Å². The lowest BCUT2D eigenvalue weighted by atomic mass is 9.92. The normalized spacial score (nSPS) is 14.6. The molecule has 1 atom stereocenters. The van der Waals surface area contributed by atoms with Gasteiger partial charge in [-0.05, 0) is 25.7 Å². The number of rotatable bonds is 6. The van der Waals surface area contributed by atoms with Gasteiger partial charge in [-0.25, -0.2) is 4.98 Å². The van der Waals surface area contributed by atoms with E-state index in [0.717, 1.165) is 17.8 Å². The molecular formula is C13H22N2O2S. The number of amides is 1. The summed E-state index contributed by atoms with van der Waals surface area (Å²) in [6, 6.07) is 0. The van der Waals surface area contributed by atoms with Crippen molar-refractivity contribution in [3.63, 3.8) is 0 Å². The Morgan fingerprint density at radius 3 is 2.83 bits per heavy atom. The summed E-state index contributed by atoms with van der Waals surface area (Å²) in [4.78, 5) is 16.7. The second-order valence-electron chi connectivity index (χ2n) is 5.06. The number of aliphatic hydroxyl groups is 1. The highest BCUT2D eigenvalue weighted by molar-refractivity contribution is 7.13. The van der Waals surface area contributed by atoms with Crippen molar-refractivity contribution in [3.8, 4) is 0 Å². The van der Waals surface area contributed by atoms with Crippen LogP contribution in [0.3, 0.4) is 0 Å². The number of aromatic nitrogens is 1. The summed E-state index contributed by atoms with van der Waals surface area (Å²) in [6.07, 6.45) is 3.54. The highest BCUT2D eigenvalue weighted by Gasteiger charge is 2.25. The first kappa shape index (κ1) is 15.1. The fourth-order valence-electron chi connectivity index (χ4n) is 1.30. The number of hydrogen-bond acceptors (Lipinski definition) is 4. The van der Waals surface area contributed by atoms with E-state index in [1.54, 1.807) is 13.1 Å². The zero-order chi connectivity index (χ0) is 13.8. The molecular weight excluding hydrogens is 248 g/mol. The van der Waals surface area contributed by atoms with Gasteiger partial charge < -0.3 is 10.4 Å². The number of aryl methyl sites for hydroxylation is 1. The minimum absolute atomic E-state index is 0.0925. The van der Waals surface area contributed by atoms with Gasteiger partial charge in [-0.15, -0.1) is 11.3 Å². The Balaban J connectivity index is 2.55. The van der Waals surface area contributed by atoms with Crippen LogP contribution in [0, 0.1) is 5.92 Å². The van der Waals surface area contributed by atoms with E-state index in [4.69, 9.17) is 0 Å². The second kappa shape index (κ2) is 6.29. The van der Waals surface area contributed by atoms with Gasteiger partial charge in [0.25, 0.3) is 5.91 Å². The molecule has 0 aliphatic heterocycles. The number of nitrogens with one attached hydrogen (secondary N) is 1. The van der Waals surface area contributed by atoms with Gasteiger partial charge in [-0.1, -0.05) is 20.8 Å². The van der Waals surface area contributed by atoms with Crippen LogP contribution in [-0.4, -0.2) is 28.1 Å². The van der Waals surface area contributed by atoms with E-state index in [1.807, 2.05) is 13.8 Å². The van der Waals surface area contributed by atoms with Gasteiger partial charge in [-0.2, -0.15) is 0 Å².